The highest BCUT2D eigenvalue weighted by Gasteiger charge is 2.31. The van der Waals surface area contributed by atoms with Crippen molar-refractivity contribution in [1.82, 2.24) is 14.7 Å². The van der Waals surface area contributed by atoms with Crippen LogP contribution in [-0.2, 0) is 16.4 Å². The second-order valence-electron chi connectivity index (χ2n) is 4.70. The largest absolute Gasteiger partial charge is 0.332 e. The quantitative estimate of drug-likeness (QED) is 0.842. The van der Waals surface area contributed by atoms with Crippen molar-refractivity contribution >= 4 is 21.8 Å². The number of H-pyrrole nitrogens is 1. The summed E-state index contributed by atoms with van der Waals surface area (Å²) in [6, 6.07) is 0.0447. The van der Waals surface area contributed by atoms with E-state index in [9.17, 15) is 8.42 Å². The molecule has 5 nitrogen and oxygen atoms in total. The molecule has 0 bridgehead atoms. The Morgan fingerprint density at radius 2 is 2.26 bits per heavy atom. The number of imidazole rings is 1. The summed E-state index contributed by atoms with van der Waals surface area (Å²) in [7, 11) is -3.47. The molecule has 2 unspecified atom stereocenters. The van der Waals surface area contributed by atoms with Crippen LogP contribution in [0.5, 0.6) is 0 Å². The lowest BCUT2D eigenvalue weighted by Crippen LogP contribution is -2.38. The summed E-state index contributed by atoms with van der Waals surface area (Å²) in [5.74, 6) is 1.72. The standard InChI is InChI=1S/C12H21N3O2S2/c1-3-11-13-8-12(14-11)19(16,17)15-9-6-5-7-10(9)18-4-2/h8-10,15H,3-7H2,1-2H3,(H,13,14). The Morgan fingerprint density at radius 1 is 1.47 bits per heavy atom. The monoisotopic (exact) mass is 303 g/mol. The maximum absolute atomic E-state index is 12.3. The van der Waals surface area contributed by atoms with Crippen molar-refractivity contribution in [1.29, 1.82) is 0 Å². The predicted octanol–water partition coefficient (Wildman–Crippen LogP) is 1.92. The van der Waals surface area contributed by atoms with Gasteiger partial charge in [-0.2, -0.15) is 11.8 Å². The van der Waals surface area contributed by atoms with Gasteiger partial charge in [0.2, 0.25) is 0 Å². The van der Waals surface area contributed by atoms with E-state index in [-0.39, 0.29) is 11.1 Å². The van der Waals surface area contributed by atoms with Crippen molar-refractivity contribution in [2.24, 2.45) is 0 Å². The molecule has 1 saturated carbocycles. The summed E-state index contributed by atoms with van der Waals surface area (Å²) in [6.45, 7) is 4.05. The first-order valence-electron chi connectivity index (χ1n) is 6.74. The number of aromatic amines is 1. The summed E-state index contributed by atoms with van der Waals surface area (Å²) in [5, 5.41) is 0.574. The third-order valence-corrected chi connectivity index (χ3v) is 6.09. The molecule has 1 aliphatic carbocycles. The highest BCUT2D eigenvalue weighted by atomic mass is 32.2. The Morgan fingerprint density at radius 3 is 2.89 bits per heavy atom. The minimum absolute atomic E-state index is 0.0447. The first kappa shape index (κ1) is 14.9. The molecule has 2 rings (SSSR count). The van der Waals surface area contributed by atoms with Gasteiger partial charge in [-0.1, -0.05) is 20.3 Å². The van der Waals surface area contributed by atoms with E-state index in [2.05, 4.69) is 21.6 Å². The molecule has 1 aromatic heterocycles. The summed E-state index contributed by atoms with van der Waals surface area (Å²) >= 11 is 1.84. The second kappa shape index (κ2) is 6.28. The maximum atomic E-state index is 12.3. The van der Waals surface area contributed by atoms with Gasteiger partial charge in [0.25, 0.3) is 10.0 Å². The van der Waals surface area contributed by atoms with Crippen LogP contribution in [0.1, 0.15) is 38.9 Å². The maximum Gasteiger partial charge on any atom is 0.257 e. The molecule has 19 heavy (non-hydrogen) atoms. The number of aromatic nitrogens is 2. The van der Waals surface area contributed by atoms with Crippen LogP contribution in [-0.4, -0.2) is 35.4 Å². The van der Waals surface area contributed by atoms with Gasteiger partial charge < -0.3 is 4.98 Å². The zero-order valence-electron chi connectivity index (χ0n) is 11.3. The van der Waals surface area contributed by atoms with E-state index in [1.54, 1.807) is 0 Å². The van der Waals surface area contributed by atoms with Crippen molar-refractivity contribution < 1.29 is 8.42 Å². The minimum atomic E-state index is -3.47. The van der Waals surface area contributed by atoms with Gasteiger partial charge in [0.1, 0.15) is 5.82 Å². The predicted molar refractivity (Wildman–Crippen MR) is 77.8 cm³/mol. The molecule has 0 spiro atoms. The van der Waals surface area contributed by atoms with Gasteiger partial charge in [0.05, 0.1) is 6.20 Å². The van der Waals surface area contributed by atoms with Crippen molar-refractivity contribution in [3.05, 3.63) is 12.0 Å². The van der Waals surface area contributed by atoms with E-state index in [1.165, 1.54) is 6.20 Å². The van der Waals surface area contributed by atoms with E-state index in [4.69, 9.17) is 0 Å². The summed E-state index contributed by atoms with van der Waals surface area (Å²) in [4.78, 5) is 6.91. The molecule has 2 atom stereocenters. The highest BCUT2D eigenvalue weighted by Crippen LogP contribution is 2.30. The fourth-order valence-electron chi connectivity index (χ4n) is 2.40. The van der Waals surface area contributed by atoms with Crippen LogP contribution in [0.2, 0.25) is 0 Å². The SMILES string of the molecule is CCSC1CCCC1NS(=O)(=O)c1cnc(CC)[nH]1. The Bertz CT molecular complexity index is 513. The zero-order chi connectivity index (χ0) is 13.9. The molecule has 0 aromatic carbocycles. The van der Waals surface area contributed by atoms with Crippen molar-refractivity contribution in [3.63, 3.8) is 0 Å². The number of hydrogen-bond donors (Lipinski definition) is 2. The van der Waals surface area contributed by atoms with E-state index in [0.29, 0.717) is 17.5 Å². The van der Waals surface area contributed by atoms with Crippen molar-refractivity contribution in [3.8, 4) is 0 Å². The number of rotatable bonds is 6. The van der Waals surface area contributed by atoms with Gasteiger partial charge >= 0.3 is 0 Å². The first-order valence-corrected chi connectivity index (χ1v) is 9.27. The van der Waals surface area contributed by atoms with Gasteiger partial charge in [0.15, 0.2) is 5.03 Å². The van der Waals surface area contributed by atoms with Gasteiger partial charge in [-0.3, -0.25) is 0 Å². The molecule has 0 amide bonds. The second-order valence-corrected chi connectivity index (χ2v) is 7.90. The molecule has 1 heterocycles. The number of sulfonamides is 1. The van der Waals surface area contributed by atoms with Crippen molar-refractivity contribution in [2.45, 2.75) is 55.8 Å². The molecule has 1 fully saturated rings. The van der Waals surface area contributed by atoms with E-state index < -0.39 is 10.0 Å². The summed E-state index contributed by atoms with van der Waals surface area (Å²) in [5.41, 5.74) is 0. The van der Waals surface area contributed by atoms with Crippen LogP contribution in [0.15, 0.2) is 11.2 Å². The Labute approximate surface area is 119 Å². The Balaban J connectivity index is 2.08. The molecule has 1 aliphatic rings. The molecular formula is C12H21N3O2S2. The molecule has 0 aliphatic heterocycles. The molecule has 0 saturated heterocycles. The van der Waals surface area contributed by atoms with Gasteiger partial charge in [0, 0.05) is 17.7 Å². The highest BCUT2D eigenvalue weighted by molar-refractivity contribution is 8.00. The molecule has 0 radical (unpaired) electrons. The van der Waals surface area contributed by atoms with E-state index in [0.717, 1.165) is 25.0 Å². The van der Waals surface area contributed by atoms with Gasteiger partial charge in [-0.25, -0.2) is 18.1 Å². The lowest BCUT2D eigenvalue weighted by Gasteiger charge is -2.19. The van der Waals surface area contributed by atoms with Crippen LogP contribution in [0.3, 0.4) is 0 Å². The normalized spacial score (nSPS) is 23.9. The number of nitrogens with zero attached hydrogens (tertiary/aromatic N) is 1. The molecular weight excluding hydrogens is 282 g/mol. The van der Waals surface area contributed by atoms with Crippen LogP contribution in [0, 0.1) is 0 Å². The van der Waals surface area contributed by atoms with E-state index >= 15 is 0 Å². The number of aryl methyl sites for hydroxylation is 1. The van der Waals surface area contributed by atoms with Crippen LogP contribution >= 0.6 is 11.8 Å². The Kier molecular flexibility index (Phi) is 4.92. The fraction of sp³-hybridized carbons (Fsp3) is 0.750. The summed E-state index contributed by atoms with van der Waals surface area (Å²) < 4.78 is 27.4. The number of nitrogens with one attached hydrogen (secondary N) is 2. The lowest BCUT2D eigenvalue weighted by atomic mass is 10.3. The first-order chi connectivity index (χ1) is 9.06. The van der Waals surface area contributed by atoms with Crippen LogP contribution in [0.4, 0.5) is 0 Å². The molecule has 108 valence electrons. The lowest BCUT2D eigenvalue weighted by molar-refractivity contribution is 0.552. The minimum Gasteiger partial charge on any atom is -0.332 e. The Hall–Kier alpha value is -0.530. The van der Waals surface area contributed by atoms with E-state index in [1.807, 2.05) is 18.7 Å². The van der Waals surface area contributed by atoms with Gasteiger partial charge in [-0.05, 0) is 18.6 Å². The summed E-state index contributed by atoms with van der Waals surface area (Å²) in [6.07, 6.45) is 5.21. The zero-order valence-corrected chi connectivity index (χ0v) is 13.0. The van der Waals surface area contributed by atoms with Gasteiger partial charge in [-0.15, -0.1) is 0 Å². The molecule has 7 heteroatoms. The number of hydrogen-bond acceptors (Lipinski definition) is 4. The van der Waals surface area contributed by atoms with Crippen molar-refractivity contribution in [2.75, 3.05) is 5.75 Å². The average molecular weight is 303 g/mol. The third-order valence-electron chi connectivity index (χ3n) is 3.37. The molecule has 1 aromatic rings. The topological polar surface area (TPSA) is 74.8 Å². The average Bonchev–Trinajstić information content (AvgIpc) is 2.99. The fourth-order valence-corrected chi connectivity index (χ4v) is 4.93. The smallest absolute Gasteiger partial charge is 0.257 e. The van der Waals surface area contributed by atoms with Crippen LogP contribution < -0.4 is 4.72 Å². The van der Waals surface area contributed by atoms with Crippen LogP contribution in [0.25, 0.3) is 0 Å². The number of thioether (sulfide) groups is 1. The molecule has 2 N–H and O–H groups in total. The third kappa shape index (κ3) is 3.52.